The van der Waals surface area contributed by atoms with E-state index in [1.807, 2.05) is 0 Å². The fraction of sp³-hybridized carbons (Fsp3) is 0.294. The zero-order valence-corrected chi connectivity index (χ0v) is 13.2. The number of hydrogen-bond donors (Lipinski definition) is 1. The van der Waals surface area contributed by atoms with E-state index in [9.17, 15) is 0 Å². The minimum Gasteiger partial charge on any atom is -0.304 e. The molecule has 0 fully saturated rings. The van der Waals surface area contributed by atoms with Gasteiger partial charge < -0.3 is 5.32 Å². The van der Waals surface area contributed by atoms with Gasteiger partial charge in [-0.05, 0) is 49.6 Å². The van der Waals surface area contributed by atoms with Crippen molar-refractivity contribution in [3.05, 3.63) is 69.7 Å². The predicted octanol–water partition coefficient (Wildman–Crippen LogP) is 5.17. The Morgan fingerprint density at radius 1 is 0.947 bits per heavy atom. The van der Waals surface area contributed by atoms with E-state index in [2.05, 4.69) is 90.5 Å². The Morgan fingerprint density at radius 3 is 2.37 bits per heavy atom. The second-order valence-corrected chi connectivity index (χ2v) is 5.94. The van der Waals surface area contributed by atoms with Crippen LogP contribution in [0.15, 0.2) is 53.0 Å². The molecular weight excluding hydrogens is 298 g/mol. The summed E-state index contributed by atoms with van der Waals surface area (Å²) in [5.41, 5.74) is 4.00. The van der Waals surface area contributed by atoms with Crippen molar-refractivity contribution >= 4 is 15.9 Å². The molecule has 2 aromatic rings. The summed E-state index contributed by atoms with van der Waals surface area (Å²) in [6.07, 6.45) is 0. The Morgan fingerprint density at radius 2 is 1.68 bits per heavy atom. The molecule has 0 aliphatic rings. The third-order valence-corrected chi connectivity index (χ3v) is 4.00. The smallest absolute Gasteiger partial charge is 0.0300 e. The molecule has 2 aromatic carbocycles. The zero-order chi connectivity index (χ0) is 13.8. The molecule has 0 radical (unpaired) electrons. The SMILES string of the molecule is Cc1ccccc1[C@@H](C)NC(C)c1cccc(Br)c1. The molecular formula is C17H20BrN. The van der Waals surface area contributed by atoms with Crippen molar-refractivity contribution in [3.8, 4) is 0 Å². The average Bonchev–Trinajstić information content (AvgIpc) is 2.39. The summed E-state index contributed by atoms with van der Waals surface area (Å²) in [6.45, 7) is 6.59. The minimum absolute atomic E-state index is 0.326. The third kappa shape index (κ3) is 3.68. The van der Waals surface area contributed by atoms with Gasteiger partial charge in [0, 0.05) is 16.6 Å². The number of rotatable bonds is 4. The fourth-order valence-electron chi connectivity index (χ4n) is 2.41. The first-order valence-electron chi connectivity index (χ1n) is 6.65. The summed E-state index contributed by atoms with van der Waals surface area (Å²) in [7, 11) is 0. The predicted molar refractivity (Wildman–Crippen MR) is 85.3 cm³/mol. The maximum Gasteiger partial charge on any atom is 0.0300 e. The van der Waals surface area contributed by atoms with Crippen LogP contribution in [-0.4, -0.2) is 0 Å². The molecule has 2 rings (SSSR count). The second-order valence-electron chi connectivity index (χ2n) is 5.02. The summed E-state index contributed by atoms with van der Waals surface area (Å²) >= 11 is 3.53. The molecule has 1 nitrogen and oxygen atoms in total. The lowest BCUT2D eigenvalue weighted by Crippen LogP contribution is -2.23. The van der Waals surface area contributed by atoms with Crippen molar-refractivity contribution in [3.63, 3.8) is 0 Å². The molecule has 0 heterocycles. The van der Waals surface area contributed by atoms with E-state index in [0.717, 1.165) is 4.47 Å². The Balaban J connectivity index is 2.11. The molecule has 0 saturated heterocycles. The maximum absolute atomic E-state index is 3.66. The molecule has 0 aliphatic heterocycles. The number of halogens is 1. The summed E-state index contributed by atoms with van der Waals surface area (Å²) in [6, 6.07) is 17.7. The fourth-order valence-corrected chi connectivity index (χ4v) is 2.83. The van der Waals surface area contributed by atoms with E-state index >= 15 is 0 Å². The summed E-state index contributed by atoms with van der Waals surface area (Å²) in [5, 5.41) is 3.66. The third-order valence-electron chi connectivity index (χ3n) is 3.50. The van der Waals surface area contributed by atoms with Crippen LogP contribution in [0.25, 0.3) is 0 Å². The monoisotopic (exact) mass is 317 g/mol. The van der Waals surface area contributed by atoms with E-state index in [1.54, 1.807) is 0 Å². The van der Waals surface area contributed by atoms with Gasteiger partial charge in [0.15, 0.2) is 0 Å². The van der Waals surface area contributed by atoms with Crippen molar-refractivity contribution in [2.45, 2.75) is 32.9 Å². The molecule has 2 atom stereocenters. The second kappa shape index (κ2) is 6.36. The van der Waals surface area contributed by atoms with Crippen LogP contribution >= 0.6 is 15.9 Å². The van der Waals surface area contributed by atoms with Crippen LogP contribution < -0.4 is 5.32 Å². The molecule has 0 aliphatic carbocycles. The van der Waals surface area contributed by atoms with Crippen molar-refractivity contribution in [1.82, 2.24) is 5.32 Å². The first-order valence-corrected chi connectivity index (χ1v) is 7.44. The Labute approximate surface area is 124 Å². The first kappa shape index (κ1) is 14.3. The van der Waals surface area contributed by atoms with Gasteiger partial charge >= 0.3 is 0 Å². The molecule has 0 aromatic heterocycles. The van der Waals surface area contributed by atoms with Crippen LogP contribution in [0.1, 0.15) is 42.6 Å². The lowest BCUT2D eigenvalue weighted by atomic mass is 10.0. The van der Waals surface area contributed by atoms with Gasteiger partial charge in [-0.3, -0.25) is 0 Å². The van der Waals surface area contributed by atoms with Crippen LogP contribution in [0.4, 0.5) is 0 Å². The molecule has 0 spiro atoms. The molecule has 1 N–H and O–H groups in total. The molecule has 0 saturated carbocycles. The molecule has 19 heavy (non-hydrogen) atoms. The quantitative estimate of drug-likeness (QED) is 0.820. The molecule has 2 heteroatoms. The summed E-state index contributed by atoms with van der Waals surface area (Å²) < 4.78 is 1.13. The normalized spacial score (nSPS) is 14.1. The highest BCUT2D eigenvalue weighted by Gasteiger charge is 2.12. The van der Waals surface area contributed by atoms with E-state index < -0.39 is 0 Å². The van der Waals surface area contributed by atoms with Crippen molar-refractivity contribution in [2.75, 3.05) is 0 Å². The number of hydrogen-bond acceptors (Lipinski definition) is 1. The topological polar surface area (TPSA) is 12.0 Å². The molecule has 0 bridgehead atoms. The molecule has 100 valence electrons. The molecule has 1 unspecified atom stereocenters. The van der Waals surface area contributed by atoms with Crippen LogP contribution in [0.5, 0.6) is 0 Å². The largest absolute Gasteiger partial charge is 0.304 e. The average molecular weight is 318 g/mol. The first-order chi connectivity index (χ1) is 9.08. The van der Waals surface area contributed by atoms with Gasteiger partial charge in [0.25, 0.3) is 0 Å². The highest BCUT2D eigenvalue weighted by molar-refractivity contribution is 9.10. The van der Waals surface area contributed by atoms with Crippen LogP contribution in [0.2, 0.25) is 0 Å². The van der Waals surface area contributed by atoms with Crippen molar-refractivity contribution < 1.29 is 0 Å². The van der Waals surface area contributed by atoms with Gasteiger partial charge in [-0.1, -0.05) is 52.3 Å². The highest BCUT2D eigenvalue weighted by atomic mass is 79.9. The Kier molecular flexibility index (Phi) is 4.78. The maximum atomic E-state index is 3.66. The van der Waals surface area contributed by atoms with Gasteiger partial charge in [0.2, 0.25) is 0 Å². The van der Waals surface area contributed by atoms with Gasteiger partial charge in [0.05, 0.1) is 0 Å². The van der Waals surface area contributed by atoms with Crippen molar-refractivity contribution in [2.24, 2.45) is 0 Å². The van der Waals surface area contributed by atoms with E-state index in [-0.39, 0.29) is 0 Å². The van der Waals surface area contributed by atoms with Gasteiger partial charge in [-0.25, -0.2) is 0 Å². The summed E-state index contributed by atoms with van der Waals surface area (Å²) in [4.78, 5) is 0. The lowest BCUT2D eigenvalue weighted by molar-refractivity contribution is 0.493. The number of aryl methyl sites for hydroxylation is 1. The Hall–Kier alpha value is -1.12. The summed E-state index contributed by atoms with van der Waals surface area (Å²) in [5.74, 6) is 0. The van der Waals surface area contributed by atoms with Crippen molar-refractivity contribution in [1.29, 1.82) is 0 Å². The van der Waals surface area contributed by atoms with Crippen LogP contribution in [0.3, 0.4) is 0 Å². The van der Waals surface area contributed by atoms with E-state index in [0.29, 0.717) is 12.1 Å². The van der Waals surface area contributed by atoms with Crippen LogP contribution in [0, 0.1) is 6.92 Å². The zero-order valence-electron chi connectivity index (χ0n) is 11.7. The van der Waals surface area contributed by atoms with Gasteiger partial charge in [-0.2, -0.15) is 0 Å². The van der Waals surface area contributed by atoms with E-state index in [4.69, 9.17) is 0 Å². The van der Waals surface area contributed by atoms with Gasteiger partial charge in [-0.15, -0.1) is 0 Å². The Bertz CT molecular complexity index is 550. The number of benzene rings is 2. The molecule has 0 amide bonds. The van der Waals surface area contributed by atoms with Gasteiger partial charge in [0.1, 0.15) is 0 Å². The highest BCUT2D eigenvalue weighted by Crippen LogP contribution is 2.23. The number of nitrogens with one attached hydrogen (secondary N) is 1. The van der Waals surface area contributed by atoms with Crippen LogP contribution in [-0.2, 0) is 0 Å². The standard InChI is InChI=1S/C17H20BrN/c1-12-7-4-5-10-17(12)14(3)19-13(2)15-8-6-9-16(18)11-15/h4-11,13-14,19H,1-3H3/t13?,14-/m1/s1. The van der Waals surface area contributed by atoms with E-state index in [1.165, 1.54) is 16.7 Å². The lowest BCUT2D eigenvalue weighted by Gasteiger charge is -2.22. The minimum atomic E-state index is 0.326.